The number of tetrazole rings is 2. The predicted molar refractivity (Wildman–Crippen MR) is 162 cm³/mol. The molecule has 5 aliphatic carbocycles. The quantitative estimate of drug-likeness (QED) is 0.252. The highest BCUT2D eigenvalue weighted by Crippen LogP contribution is 2.60. The Balaban J connectivity index is 0.000000149. The second-order valence-electron chi connectivity index (χ2n) is 13.3. The molecule has 0 atom stereocenters. The maximum atomic E-state index is 12.5. The Bertz CT molecular complexity index is 1530. The van der Waals surface area contributed by atoms with Gasteiger partial charge < -0.3 is 9.47 Å². The highest BCUT2D eigenvalue weighted by Gasteiger charge is 2.51. The van der Waals surface area contributed by atoms with E-state index in [1.807, 2.05) is 12.1 Å². The first-order chi connectivity index (χ1) is 22.0. The standard InChI is InChI=1S/C19H22N4O2.C14H16N4O2/c24-18(16-3-1-15(2-4-16)17-20-22-23-21-17)25-11-19-8-12-5-13(9-19)7-14(6-12)10-19;19-14(20-12-4-2-1-3-5-12)11-8-6-10(7-9-11)13-15-17-18-16-13/h1-4,12-14H,5-11H2,(H,20,21,22,23);6-9,12H,1-5H2,(H,15,16,17,18). The van der Waals surface area contributed by atoms with E-state index < -0.39 is 0 Å². The zero-order valence-electron chi connectivity index (χ0n) is 25.2. The Kier molecular flexibility index (Phi) is 8.36. The number of H-pyrrole nitrogens is 2. The Morgan fingerprint density at radius 3 is 1.64 bits per heavy atom. The average molecular weight is 611 g/mol. The van der Waals surface area contributed by atoms with E-state index >= 15 is 0 Å². The van der Waals surface area contributed by atoms with E-state index in [0.717, 1.165) is 54.6 Å². The van der Waals surface area contributed by atoms with Gasteiger partial charge in [-0.3, -0.25) is 0 Å². The van der Waals surface area contributed by atoms with E-state index in [9.17, 15) is 9.59 Å². The van der Waals surface area contributed by atoms with Gasteiger partial charge in [0.15, 0.2) is 0 Å². The molecule has 0 radical (unpaired) electrons. The molecular formula is C33H38N8O4. The van der Waals surface area contributed by atoms with Crippen LogP contribution in [0.3, 0.4) is 0 Å². The van der Waals surface area contributed by atoms with Crippen LogP contribution in [0, 0.1) is 23.2 Å². The van der Waals surface area contributed by atoms with E-state index in [4.69, 9.17) is 9.47 Å². The van der Waals surface area contributed by atoms with Crippen molar-refractivity contribution in [3.05, 3.63) is 59.7 Å². The predicted octanol–water partition coefficient (Wildman–Crippen LogP) is 5.60. The topological polar surface area (TPSA) is 162 Å². The number of nitrogens with zero attached hydrogens (tertiary/aromatic N) is 6. The molecule has 9 rings (SSSR count). The lowest BCUT2D eigenvalue weighted by atomic mass is 9.50. The number of benzene rings is 2. The van der Waals surface area contributed by atoms with Gasteiger partial charge in [-0.1, -0.05) is 30.7 Å². The number of hydrogen-bond donors (Lipinski definition) is 2. The molecule has 0 spiro atoms. The average Bonchev–Trinajstić information content (AvgIpc) is 3.80. The molecule has 4 aromatic rings. The summed E-state index contributed by atoms with van der Waals surface area (Å²) in [5.74, 6) is 3.18. The molecule has 5 fully saturated rings. The van der Waals surface area contributed by atoms with Gasteiger partial charge in [-0.05, 0) is 117 Å². The third-order valence-corrected chi connectivity index (χ3v) is 9.95. The van der Waals surface area contributed by atoms with Gasteiger partial charge in [0.05, 0.1) is 17.7 Å². The van der Waals surface area contributed by atoms with Crippen molar-refractivity contribution in [2.24, 2.45) is 23.2 Å². The van der Waals surface area contributed by atoms with Gasteiger partial charge in [-0.2, -0.15) is 10.4 Å². The first-order valence-corrected chi connectivity index (χ1v) is 16.1. The lowest BCUT2D eigenvalue weighted by Gasteiger charge is -2.56. The molecule has 12 nitrogen and oxygen atoms in total. The summed E-state index contributed by atoms with van der Waals surface area (Å²) in [5, 5.41) is 27.5. The number of esters is 2. The minimum Gasteiger partial charge on any atom is -0.462 e. The van der Waals surface area contributed by atoms with Gasteiger partial charge in [-0.15, -0.1) is 20.4 Å². The Morgan fingerprint density at radius 1 is 0.689 bits per heavy atom. The van der Waals surface area contributed by atoms with Crippen LogP contribution in [0.4, 0.5) is 0 Å². The van der Waals surface area contributed by atoms with Crippen molar-refractivity contribution in [3.8, 4) is 22.8 Å². The normalized spacial score (nSPS) is 25.3. The molecule has 0 amide bonds. The smallest absolute Gasteiger partial charge is 0.338 e. The first kappa shape index (κ1) is 29.2. The third kappa shape index (κ3) is 6.79. The number of carbonyl (C=O) groups excluding carboxylic acids is 2. The fourth-order valence-corrected chi connectivity index (χ4v) is 8.25. The van der Waals surface area contributed by atoms with Gasteiger partial charge in [0.25, 0.3) is 0 Å². The van der Waals surface area contributed by atoms with Crippen molar-refractivity contribution >= 4 is 11.9 Å². The van der Waals surface area contributed by atoms with Crippen molar-refractivity contribution in [3.63, 3.8) is 0 Å². The van der Waals surface area contributed by atoms with Crippen LogP contribution in [0.25, 0.3) is 22.8 Å². The maximum Gasteiger partial charge on any atom is 0.338 e. The molecule has 0 saturated heterocycles. The van der Waals surface area contributed by atoms with Gasteiger partial charge in [0.1, 0.15) is 6.10 Å². The van der Waals surface area contributed by atoms with E-state index in [1.54, 1.807) is 36.4 Å². The van der Waals surface area contributed by atoms with Crippen molar-refractivity contribution in [1.29, 1.82) is 0 Å². The molecule has 2 aromatic heterocycles. The van der Waals surface area contributed by atoms with Crippen LogP contribution in [-0.4, -0.2) is 65.9 Å². The van der Waals surface area contributed by atoms with Crippen molar-refractivity contribution in [2.45, 2.75) is 76.7 Å². The molecule has 0 unspecified atom stereocenters. The van der Waals surface area contributed by atoms with Crippen LogP contribution in [0.1, 0.15) is 91.3 Å². The number of ether oxygens (including phenoxy) is 2. The van der Waals surface area contributed by atoms with Gasteiger partial charge in [0.2, 0.25) is 11.6 Å². The molecule has 2 aromatic carbocycles. The molecule has 4 bridgehead atoms. The Labute approximate surface area is 261 Å². The molecule has 12 heteroatoms. The third-order valence-electron chi connectivity index (χ3n) is 9.95. The zero-order valence-corrected chi connectivity index (χ0v) is 25.2. The summed E-state index contributed by atoms with van der Waals surface area (Å²) in [4.78, 5) is 24.5. The van der Waals surface area contributed by atoms with Gasteiger partial charge >= 0.3 is 11.9 Å². The molecule has 45 heavy (non-hydrogen) atoms. The monoisotopic (exact) mass is 610 g/mol. The van der Waals surface area contributed by atoms with Crippen molar-refractivity contribution in [2.75, 3.05) is 6.61 Å². The lowest BCUT2D eigenvalue weighted by Crippen LogP contribution is -2.48. The second kappa shape index (κ2) is 12.9. The molecule has 5 saturated carbocycles. The number of hydrogen-bond acceptors (Lipinski definition) is 10. The Hall–Kier alpha value is -4.48. The largest absolute Gasteiger partial charge is 0.462 e. The number of aromatic amines is 2. The van der Waals surface area contributed by atoms with Crippen LogP contribution >= 0.6 is 0 Å². The summed E-state index contributed by atoms with van der Waals surface area (Å²) >= 11 is 0. The summed E-state index contributed by atoms with van der Waals surface area (Å²) in [6.45, 7) is 0.585. The Morgan fingerprint density at radius 2 is 1.18 bits per heavy atom. The fraction of sp³-hybridized carbons (Fsp3) is 0.515. The van der Waals surface area contributed by atoms with Gasteiger partial charge in [0, 0.05) is 16.5 Å². The molecule has 2 N–H and O–H groups in total. The number of aromatic nitrogens is 8. The summed E-state index contributed by atoms with van der Waals surface area (Å²) in [5.41, 5.74) is 3.04. The summed E-state index contributed by atoms with van der Waals surface area (Å²) in [6, 6.07) is 14.2. The SMILES string of the molecule is O=C(OC1CCCCC1)c1ccc(-c2nn[nH]n2)cc1.O=C(OCC12CC3CC(CC(C3)C1)C2)c1ccc(-c2nn[nH]n2)cc1. The van der Waals surface area contributed by atoms with Crippen LogP contribution in [0.15, 0.2) is 48.5 Å². The highest BCUT2D eigenvalue weighted by molar-refractivity contribution is 5.90. The van der Waals surface area contributed by atoms with E-state index in [2.05, 4.69) is 41.2 Å². The van der Waals surface area contributed by atoms with Crippen molar-refractivity contribution in [1.82, 2.24) is 41.2 Å². The molecule has 5 aliphatic rings. The lowest BCUT2D eigenvalue weighted by molar-refractivity contribution is -0.0848. The van der Waals surface area contributed by atoms with Crippen LogP contribution in [-0.2, 0) is 9.47 Å². The fourth-order valence-electron chi connectivity index (χ4n) is 8.25. The van der Waals surface area contributed by atoms with E-state index in [1.165, 1.54) is 44.9 Å². The molecule has 2 heterocycles. The van der Waals surface area contributed by atoms with E-state index in [-0.39, 0.29) is 23.5 Å². The van der Waals surface area contributed by atoms with Crippen LogP contribution in [0.5, 0.6) is 0 Å². The maximum absolute atomic E-state index is 12.5. The van der Waals surface area contributed by atoms with Crippen molar-refractivity contribution < 1.29 is 19.1 Å². The highest BCUT2D eigenvalue weighted by atomic mass is 16.5. The molecule has 234 valence electrons. The minimum absolute atomic E-state index is 0.0770. The summed E-state index contributed by atoms with van der Waals surface area (Å²) in [7, 11) is 0. The van der Waals surface area contributed by atoms with Gasteiger partial charge in [-0.25, -0.2) is 9.59 Å². The molecule has 0 aliphatic heterocycles. The number of rotatable bonds is 7. The summed E-state index contributed by atoms with van der Waals surface area (Å²) < 4.78 is 11.3. The van der Waals surface area contributed by atoms with Crippen LogP contribution in [0.2, 0.25) is 0 Å². The first-order valence-electron chi connectivity index (χ1n) is 16.1. The zero-order chi connectivity index (χ0) is 30.6. The van der Waals surface area contributed by atoms with E-state index in [0.29, 0.717) is 29.4 Å². The number of nitrogens with one attached hydrogen (secondary N) is 2. The number of carbonyl (C=O) groups is 2. The second-order valence-corrected chi connectivity index (χ2v) is 13.3. The van der Waals surface area contributed by atoms with Crippen LogP contribution < -0.4 is 0 Å². The minimum atomic E-state index is -0.253. The molecular weight excluding hydrogens is 572 g/mol. The summed E-state index contributed by atoms with van der Waals surface area (Å²) in [6.07, 6.45) is 13.6.